The third kappa shape index (κ3) is 3.51. The molecule has 7 heteroatoms. The Bertz CT molecular complexity index is 807. The van der Waals surface area contributed by atoms with E-state index in [0.717, 1.165) is 5.56 Å². The number of halogens is 2. The molecule has 4 nitrogen and oxygen atoms in total. The van der Waals surface area contributed by atoms with E-state index >= 15 is 0 Å². The highest BCUT2D eigenvalue weighted by Crippen LogP contribution is 2.30. The molecule has 3 N–H and O–H groups in total. The van der Waals surface area contributed by atoms with Crippen LogP contribution in [0.15, 0.2) is 39.7 Å². The highest BCUT2D eigenvalue weighted by molar-refractivity contribution is 9.10. The lowest BCUT2D eigenvalue weighted by Gasteiger charge is -2.13. The summed E-state index contributed by atoms with van der Waals surface area (Å²) in [4.78, 5) is 0.126. The van der Waals surface area contributed by atoms with Crippen molar-refractivity contribution in [1.82, 2.24) is 0 Å². The van der Waals surface area contributed by atoms with Crippen molar-refractivity contribution in [3.8, 4) is 0 Å². The Labute approximate surface area is 137 Å². The van der Waals surface area contributed by atoms with Crippen molar-refractivity contribution in [2.24, 2.45) is 0 Å². The molecule has 0 saturated carbocycles. The molecule has 2 rings (SSSR count). The van der Waals surface area contributed by atoms with Gasteiger partial charge in [-0.25, -0.2) is 8.42 Å². The molecule has 0 bridgehead atoms. The molecule has 21 heavy (non-hydrogen) atoms. The van der Waals surface area contributed by atoms with Crippen molar-refractivity contribution >= 4 is 48.9 Å². The topological polar surface area (TPSA) is 72.2 Å². The molecule has 2 aromatic rings. The lowest BCUT2D eigenvalue weighted by molar-refractivity contribution is 0.600. The van der Waals surface area contributed by atoms with Crippen LogP contribution < -0.4 is 10.5 Å². The van der Waals surface area contributed by atoms with Crippen LogP contribution in [0.1, 0.15) is 11.1 Å². The van der Waals surface area contributed by atoms with Crippen molar-refractivity contribution in [2.75, 3.05) is 10.5 Å². The summed E-state index contributed by atoms with van der Waals surface area (Å²) in [5, 5.41) is 0.340. The van der Waals surface area contributed by atoms with Crippen LogP contribution in [0.2, 0.25) is 5.02 Å². The van der Waals surface area contributed by atoms with Crippen LogP contribution in [-0.2, 0) is 10.0 Å². The first-order valence-corrected chi connectivity index (χ1v) is 8.71. The summed E-state index contributed by atoms with van der Waals surface area (Å²) in [6, 6.07) is 8.23. The Hall–Kier alpha value is -1.24. The van der Waals surface area contributed by atoms with Gasteiger partial charge in [-0.2, -0.15) is 0 Å². The fraction of sp³-hybridized carbons (Fsp3) is 0.143. The van der Waals surface area contributed by atoms with Crippen LogP contribution in [0.5, 0.6) is 0 Å². The van der Waals surface area contributed by atoms with Gasteiger partial charge in [-0.3, -0.25) is 4.72 Å². The summed E-state index contributed by atoms with van der Waals surface area (Å²) in [7, 11) is -3.76. The molecule has 0 aromatic heterocycles. The molecule has 0 spiro atoms. The molecular formula is C14H14BrClN2O2S. The third-order valence-electron chi connectivity index (χ3n) is 2.95. The van der Waals surface area contributed by atoms with Gasteiger partial charge in [0, 0.05) is 10.2 Å². The first-order valence-electron chi connectivity index (χ1n) is 6.05. The molecule has 0 atom stereocenters. The second kappa shape index (κ2) is 5.87. The molecule has 0 aliphatic carbocycles. The highest BCUT2D eigenvalue weighted by Gasteiger charge is 2.19. The fourth-order valence-electron chi connectivity index (χ4n) is 1.88. The molecule has 0 heterocycles. The third-order valence-corrected chi connectivity index (χ3v) is 5.47. The minimum atomic E-state index is -3.76. The molecule has 0 aliphatic rings. The molecule has 0 radical (unpaired) electrons. The van der Waals surface area contributed by atoms with Gasteiger partial charge < -0.3 is 5.73 Å². The molecule has 0 fully saturated rings. The smallest absolute Gasteiger partial charge is 0.262 e. The summed E-state index contributed by atoms with van der Waals surface area (Å²) in [5.74, 6) is 0. The second-order valence-electron chi connectivity index (χ2n) is 4.73. The molecule has 0 unspecified atom stereocenters. The van der Waals surface area contributed by atoms with E-state index in [9.17, 15) is 8.42 Å². The molecule has 0 saturated heterocycles. The van der Waals surface area contributed by atoms with E-state index < -0.39 is 10.0 Å². The maximum atomic E-state index is 12.5. The average molecular weight is 390 g/mol. The number of hydrogen-bond donors (Lipinski definition) is 2. The number of hydrogen-bond acceptors (Lipinski definition) is 3. The summed E-state index contributed by atoms with van der Waals surface area (Å²) in [5.41, 5.74) is 7.97. The Morgan fingerprint density at radius 1 is 1.19 bits per heavy atom. The summed E-state index contributed by atoms with van der Waals surface area (Å²) in [6.45, 7) is 3.56. The number of nitrogens with two attached hydrogens (primary N) is 1. The Balaban J connectivity index is 2.48. The van der Waals surface area contributed by atoms with Gasteiger partial charge >= 0.3 is 0 Å². The van der Waals surface area contributed by atoms with Crippen LogP contribution in [0, 0.1) is 13.8 Å². The predicted molar refractivity (Wildman–Crippen MR) is 90.3 cm³/mol. The second-order valence-corrected chi connectivity index (χ2v) is 7.64. The highest BCUT2D eigenvalue weighted by atomic mass is 79.9. The van der Waals surface area contributed by atoms with Crippen LogP contribution in [0.3, 0.4) is 0 Å². The minimum Gasteiger partial charge on any atom is -0.398 e. The fourth-order valence-corrected chi connectivity index (χ4v) is 3.89. The van der Waals surface area contributed by atoms with Gasteiger partial charge in [0.15, 0.2) is 0 Å². The van der Waals surface area contributed by atoms with Crippen molar-refractivity contribution in [3.63, 3.8) is 0 Å². The molecule has 112 valence electrons. The van der Waals surface area contributed by atoms with Crippen LogP contribution in [-0.4, -0.2) is 8.42 Å². The van der Waals surface area contributed by atoms with E-state index in [-0.39, 0.29) is 4.90 Å². The Morgan fingerprint density at radius 3 is 2.52 bits per heavy atom. The number of anilines is 2. The number of nitrogen functional groups attached to an aromatic ring is 1. The zero-order chi connectivity index (χ0) is 15.8. The van der Waals surface area contributed by atoms with Gasteiger partial charge in [-0.1, -0.05) is 17.7 Å². The average Bonchev–Trinajstić information content (AvgIpc) is 2.37. The zero-order valence-corrected chi connectivity index (χ0v) is 14.6. The zero-order valence-electron chi connectivity index (χ0n) is 11.4. The van der Waals surface area contributed by atoms with Crippen molar-refractivity contribution < 1.29 is 8.42 Å². The number of nitrogens with one attached hydrogen (secondary N) is 1. The number of rotatable bonds is 3. The van der Waals surface area contributed by atoms with Gasteiger partial charge in [0.2, 0.25) is 0 Å². The lowest BCUT2D eigenvalue weighted by Crippen LogP contribution is -2.15. The lowest BCUT2D eigenvalue weighted by atomic mass is 10.2. The summed E-state index contributed by atoms with van der Waals surface area (Å²) in [6.07, 6.45) is 0. The van der Waals surface area contributed by atoms with E-state index in [1.807, 2.05) is 13.0 Å². The van der Waals surface area contributed by atoms with E-state index in [0.29, 0.717) is 26.4 Å². The first-order chi connectivity index (χ1) is 9.70. The van der Waals surface area contributed by atoms with E-state index in [1.54, 1.807) is 25.1 Å². The van der Waals surface area contributed by atoms with Gasteiger partial charge in [-0.15, -0.1) is 0 Å². The van der Waals surface area contributed by atoms with E-state index in [2.05, 4.69) is 20.7 Å². The Morgan fingerprint density at radius 2 is 1.86 bits per heavy atom. The molecule has 2 aromatic carbocycles. The first kappa shape index (κ1) is 16.1. The maximum Gasteiger partial charge on any atom is 0.262 e. The van der Waals surface area contributed by atoms with Crippen LogP contribution in [0.4, 0.5) is 11.4 Å². The van der Waals surface area contributed by atoms with Gasteiger partial charge in [0.1, 0.15) is 0 Å². The minimum absolute atomic E-state index is 0.126. The maximum absolute atomic E-state index is 12.5. The van der Waals surface area contributed by atoms with Crippen molar-refractivity contribution in [3.05, 3.63) is 51.0 Å². The Kier molecular flexibility index (Phi) is 4.51. The SMILES string of the molecule is Cc1ccc(Cl)c(NS(=O)(=O)c2cc(N)c(Br)cc2C)c1. The van der Waals surface area contributed by atoms with Gasteiger partial charge in [0.05, 0.1) is 15.6 Å². The van der Waals surface area contributed by atoms with Crippen molar-refractivity contribution in [1.29, 1.82) is 0 Å². The summed E-state index contributed by atoms with van der Waals surface area (Å²) >= 11 is 9.30. The number of benzene rings is 2. The van der Waals surface area contributed by atoms with Crippen LogP contribution >= 0.6 is 27.5 Å². The largest absolute Gasteiger partial charge is 0.398 e. The molecular weight excluding hydrogens is 376 g/mol. The predicted octanol–water partition coefficient (Wildman–Crippen LogP) is 4.10. The number of sulfonamides is 1. The van der Waals surface area contributed by atoms with Gasteiger partial charge in [-0.05, 0) is 65.2 Å². The van der Waals surface area contributed by atoms with Crippen molar-refractivity contribution in [2.45, 2.75) is 18.7 Å². The van der Waals surface area contributed by atoms with Gasteiger partial charge in [0.25, 0.3) is 10.0 Å². The van der Waals surface area contributed by atoms with E-state index in [4.69, 9.17) is 17.3 Å². The number of aryl methyl sites for hydroxylation is 2. The summed E-state index contributed by atoms with van der Waals surface area (Å²) < 4.78 is 28.2. The monoisotopic (exact) mass is 388 g/mol. The molecule has 0 amide bonds. The quantitative estimate of drug-likeness (QED) is 0.776. The molecule has 0 aliphatic heterocycles. The standard InChI is InChI=1S/C14H14BrClN2O2S/c1-8-3-4-11(16)13(5-8)18-21(19,20)14-7-12(17)10(15)6-9(14)2/h3-7,18H,17H2,1-2H3. The van der Waals surface area contributed by atoms with Crippen LogP contribution in [0.25, 0.3) is 0 Å². The normalized spacial score (nSPS) is 11.4. The van der Waals surface area contributed by atoms with E-state index in [1.165, 1.54) is 6.07 Å².